The number of hydrogen-bond donors (Lipinski definition) is 2. The van der Waals surface area contributed by atoms with Gasteiger partial charge in [-0.1, -0.05) is 13.0 Å². The van der Waals surface area contributed by atoms with E-state index in [1.165, 1.54) is 6.07 Å². The summed E-state index contributed by atoms with van der Waals surface area (Å²) in [6, 6.07) is 9.23. The summed E-state index contributed by atoms with van der Waals surface area (Å²) in [7, 11) is 0. The molecule has 0 fully saturated rings. The lowest BCUT2D eigenvalue weighted by Gasteiger charge is -2.36. The molecule has 1 unspecified atom stereocenters. The molecule has 5 nitrogen and oxygen atoms in total. The number of nitrogens with zero attached hydrogens (tertiary/aromatic N) is 1. The predicted molar refractivity (Wildman–Crippen MR) is 124 cm³/mol. The van der Waals surface area contributed by atoms with Crippen LogP contribution in [0.15, 0.2) is 36.5 Å². The van der Waals surface area contributed by atoms with Gasteiger partial charge in [0.15, 0.2) is 0 Å². The number of aryl methyl sites for hydroxylation is 1. The monoisotopic (exact) mass is 435 g/mol. The molecule has 0 bridgehead atoms. The van der Waals surface area contributed by atoms with E-state index in [0.717, 1.165) is 84.1 Å². The highest BCUT2D eigenvalue weighted by Gasteiger charge is 2.31. The van der Waals surface area contributed by atoms with Crippen molar-refractivity contribution in [3.8, 4) is 5.75 Å². The zero-order valence-corrected chi connectivity index (χ0v) is 18.5. The van der Waals surface area contributed by atoms with E-state index in [-0.39, 0.29) is 17.8 Å². The first-order valence-electron chi connectivity index (χ1n) is 11.7. The fraction of sp³-hybridized carbons (Fsp3) is 0.423. The Balaban J connectivity index is 1.29. The third-order valence-electron chi connectivity index (χ3n) is 6.78. The SMILES string of the molecule is CCCN(CCCc1c[nH]c2ccc(F)cc12)C1COc2ccc3c(c2C1)C(=O)NCC3. The number of nitrogens with one attached hydrogen (secondary N) is 2. The number of ether oxygens (including phenoxy) is 1. The van der Waals surface area contributed by atoms with Gasteiger partial charge in [0, 0.05) is 40.8 Å². The number of amides is 1. The molecule has 32 heavy (non-hydrogen) atoms. The van der Waals surface area contributed by atoms with Gasteiger partial charge in [-0.3, -0.25) is 9.69 Å². The predicted octanol–water partition coefficient (Wildman–Crippen LogP) is 4.24. The highest BCUT2D eigenvalue weighted by Crippen LogP contribution is 2.33. The summed E-state index contributed by atoms with van der Waals surface area (Å²) >= 11 is 0. The minimum absolute atomic E-state index is 0.0287. The minimum Gasteiger partial charge on any atom is -0.492 e. The van der Waals surface area contributed by atoms with Crippen LogP contribution in [0.2, 0.25) is 0 Å². The number of aromatic amines is 1. The Labute approximate surface area is 187 Å². The maximum atomic E-state index is 13.7. The standard InChI is InChI=1S/C26H30FN3O2/c1-2-11-30(12-3-4-18-15-29-23-7-6-19(27)13-21(18)23)20-14-22-24(32-16-20)8-5-17-9-10-28-26(31)25(17)22/h5-8,13,15,20,29H,2-4,9-12,14,16H2,1H3,(H,28,31). The maximum Gasteiger partial charge on any atom is 0.251 e. The Morgan fingerprint density at radius 2 is 2.12 bits per heavy atom. The molecule has 0 radical (unpaired) electrons. The second kappa shape index (κ2) is 8.94. The van der Waals surface area contributed by atoms with Gasteiger partial charge in [0.2, 0.25) is 0 Å². The summed E-state index contributed by atoms with van der Waals surface area (Å²) in [4.78, 5) is 18.3. The normalized spacial score (nSPS) is 17.7. The lowest BCUT2D eigenvalue weighted by atomic mass is 9.89. The average molecular weight is 436 g/mol. The third-order valence-corrected chi connectivity index (χ3v) is 6.78. The smallest absolute Gasteiger partial charge is 0.251 e. The highest BCUT2D eigenvalue weighted by atomic mass is 19.1. The van der Waals surface area contributed by atoms with Crippen molar-refractivity contribution in [1.82, 2.24) is 15.2 Å². The van der Waals surface area contributed by atoms with Gasteiger partial charge in [0.25, 0.3) is 5.91 Å². The summed E-state index contributed by atoms with van der Waals surface area (Å²) in [5.74, 6) is 0.687. The summed E-state index contributed by atoms with van der Waals surface area (Å²) in [5, 5.41) is 3.96. The van der Waals surface area contributed by atoms with Gasteiger partial charge in [-0.05, 0) is 80.6 Å². The second-order valence-corrected chi connectivity index (χ2v) is 8.89. The van der Waals surface area contributed by atoms with E-state index in [1.54, 1.807) is 12.1 Å². The number of rotatable bonds is 7. The van der Waals surface area contributed by atoms with E-state index in [1.807, 2.05) is 18.3 Å². The van der Waals surface area contributed by atoms with Gasteiger partial charge in [-0.25, -0.2) is 4.39 Å². The van der Waals surface area contributed by atoms with Crippen LogP contribution in [0.5, 0.6) is 5.75 Å². The van der Waals surface area contributed by atoms with Gasteiger partial charge in [-0.15, -0.1) is 0 Å². The third kappa shape index (κ3) is 3.99. The number of hydrogen-bond acceptors (Lipinski definition) is 3. The van der Waals surface area contributed by atoms with Crippen LogP contribution in [0.3, 0.4) is 0 Å². The Morgan fingerprint density at radius 1 is 1.22 bits per heavy atom. The summed E-state index contributed by atoms with van der Waals surface area (Å²) in [6.07, 6.45) is 6.66. The molecule has 6 heteroatoms. The van der Waals surface area contributed by atoms with Crippen LogP contribution in [0.4, 0.5) is 4.39 Å². The van der Waals surface area contributed by atoms with Crippen molar-refractivity contribution in [3.63, 3.8) is 0 Å². The van der Waals surface area contributed by atoms with Crippen LogP contribution in [-0.2, 0) is 19.3 Å². The quantitative estimate of drug-likeness (QED) is 0.584. The molecule has 2 aromatic carbocycles. The molecule has 2 N–H and O–H groups in total. The number of halogens is 1. The largest absolute Gasteiger partial charge is 0.492 e. The lowest BCUT2D eigenvalue weighted by Crippen LogP contribution is -2.45. The first-order chi connectivity index (χ1) is 15.6. The van der Waals surface area contributed by atoms with Crippen LogP contribution in [0, 0.1) is 5.82 Å². The van der Waals surface area contributed by atoms with Crippen molar-refractivity contribution in [2.45, 2.75) is 45.1 Å². The van der Waals surface area contributed by atoms with Crippen molar-refractivity contribution in [3.05, 3.63) is 64.6 Å². The average Bonchev–Trinajstić information content (AvgIpc) is 3.20. The van der Waals surface area contributed by atoms with Crippen molar-refractivity contribution >= 4 is 16.8 Å². The lowest BCUT2D eigenvalue weighted by molar-refractivity contribution is 0.0934. The molecule has 0 aliphatic carbocycles. The zero-order valence-electron chi connectivity index (χ0n) is 18.5. The van der Waals surface area contributed by atoms with Gasteiger partial charge >= 0.3 is 0 Å². The number of carbonyl (C=O) groups is 1. The van der Waals surface area contributed by atoms with E-state index in [2.05, 4.69) is 22.1 Å². The molecule has 1 amide bonds. The van der Waals surface area contributed by atoms with Crippen LogP contribution in [0.25, 0.3) is 10.9 Å². The zero-order chi connectivity index (χ0) is 22.1. The van der Waals surface area contributed by atoms with Crippen molar-refractivity contribution in [2.24, 2.45) is 0 Å². The molecular weight excluding hydrogens is 405 g/mol. The molecule has 2 aliphatic heterocycles. The van der Waals surface area contributed by atoms with E-state index in [4.69, 9.17) is 4.74 Å². The topological polar surface area (TPSA) is 57.4 Å². The first-order valence-corrected chi connectivity index (χ1v) is 11.7. The second-order valence-electron chi connectivity index (χ2n) is 8.89. The number of aromatic nitrogens is 1. The van der Waals surface area contributed by atoms with E-state index in [9.17, 15) is 9.18 Å². The van der Waals surface area contributed by atoms with E-state index < -0.39 is 0 Å². The minimum atomic E-state index is -0.198. The number of fused-ring (bicyclic) bond motifs is 4. The van der Waals surface area contributed by atoms with E-state index >= 15 is 0 Å². The van der Waals surface area contributed by atoms with Crippen LogP contribution in [0.1, 0.15) is 46.8 Å². The highest BCUT2D eigenvalue weighted by molar-refractivity contribution is 5.99. The molecule has 2 aliphatic rings. The van der Waals surface area contributed by atoms with Crippen molar-refractivity contribution in [1.29, 1.82) is 0 Å². The summed E-state index contributed by atoms with van der Waals surface area (Å²) < 4.78 is 19.8. The Morgan fingerprint density at radius 3 is 3.00 bits per heavy atom. The fourth-order valence-electron chi connectivity index (χ4n) is 5.21. The van der Waals surface area contributed by atoms with Crippen LogP contribution in [-0.4, -0.2) is 48.1 Å². The Kier molecular flexibility index (Phi) is 5.87. The molecule has 5 rings (SSSR count). The number of H-pyrrole nitrogens is 1. The molecule has 168 valence electrons. The molecule has 0 saturated carbocycles. The molecule has 0 saturated heterocycles. The number of carbonyl (C=O) groups excluding carboxylic acids is 1. The van der Waals surface area contributed by atoms with Gasteiger partial charge in [0.05, 0.1) is 0 Å². The summed E-state index contributed by atoms with van der Waals surface area (Å²) in [5.41, 5.74) is 5.16. The van der Waals surface area contributed by atoms with Gasteiger partial charge < -0.3 is 15.0 Å². The van der Waals surface area contributed by atoms with Crippen LogP contribution >= 0.6 is 0 Å². The molecule has 3 aromatic rings. The van der Waals surface area contributed by atoms with Gasteiger partial charge in [0.1, 0.15) is 18.2 Å². The van der Waals surface area contributed by atoms with Gasteiger partial charge in [-0.2, -0.15) is 0 Å². The molecule has 1 atom stereocenters. The van der Waals surface area contributed by atoms with Crippen molar-refractivity contribution < 1.29 is 13.9 Å². The Hall–Kier alpha value is -2.86. The fourth-order valence-corrected chi connectivity index (χ4v) is 5.21. The Bertz CT molecular complexity index is 1140. The number of benzene rings is 2. The molecule has 3 heterocycles. The van der Waals surface area contributed by atoms with Crippen molar-refractivity contribution in [2.75, 3.05) is 26.2 Å². The van der Waals surface area contributed by atoms with Crippen LogP contribution < -0.4 is 10.1 Å². The maximum absolute atomic E-state index is 13.7. The molecule has 0 spiro atoms. The molecule has 1 aromatic heterocycles. The molecular formula is C26H30FN3O2. The first kappa shape index (κ1) is 21.0. The van der Waals surface area contributed by atoms with E-state index in [0.29, 0.717) is 13.2 Å². The summed E-state index contributed by atoms with van der Waals surface area (Å²) in [6.45, 7) is 5.48.